The van der Waals surface area contributed by atoms with Gasteiger partial charge >= 0.3 is 12.0 Å². The molecule has 0 bridgehead atoms. The molecule has 1 saturated heterocycles. The Labute approximate surface area is 160 Å². The zero-order chi connectivity index (χ0) is 19.4. The maximum Gasteiger partial charge on any atom is 0.335 e. The molecule has 2 amide bonds. The molecule has 2 aromatic carbocycles. The number of carbonyl (C=O) groups excluding carboxylic acids is 1. The lowest BCUT2D eigenvalue weighted by Gasteiger charge is -2.19. The van der Waals surface area contributed by atoms with Gasteiger partial charge in [-0.25, -0.2) is 14.0 Å². The molecular formula is C19H19ClFN3O3. The molecule has 1 atom stereocenters. The number of anilines is 1. The third-order valence-corrected chi connectivity index (χ3v) is 4.75. The molecule has 3 N–H and O–H groups in total. The van der Waals surface area contributed by atoms with Crippen LogP contribution in [0.25, 0.3) is 0 Å². The molecule has 3 rings (SSSR count). The number of benzene rings is 2. The molecule has 0 aliphatic carbocycles. The first-order valence-corrected chi connectivity index (χ1v) is 8.87. The lowest BCUT2D eigenvalue weighted by Crippen LogP contribution is -2.43. The van der Waals surface area contributed by atoms with Crippen LogP contribution in [0.3, 0.4) is 0 Å². The van der Waals surface area contributed by atoms with Gasteiger partial charge in [-0.05, 0) is 42.3 Å². The van der Waals surface area contributed by atoms with E-state index in [1.54, 1.807) is 18.2 Å². The van der Waals surface area contributed by atoms with E-state index in [9.17, 15) is 14.0 Å². The minimum absolute atomic E-state index is 0.0434. The van der Waals surface area contributed by atoms with E-state index >= 15 is 0 Å². The molecule has 0 radical (unpaired) electrons. The van der Waals surface area contributed by atoms with E-state index in [2.05, 4.69) is 10.6 Å². The smallest absolute Gasteiger partial charge is 0.335 e. The van der Waals surface area contributed by atoms with Crippen molar-refractivity contribution >= 4 is 29.3 Å². The van der Waals surface area contributed by atoms with Gasteiger partial charge < -0.3 is 20.6 Å². The Morgan fingerprint density at radius 1 is 1.22 bits per heavy atom. The van der Waals surface area contributed by atoms with Crippen LogP contribution in [-0.2, 0) is 6.54 Å². The van der Waals surface area contributed by atoms with E-state index in [1.807, 2.05) is 4.90 Å². The summed E-state index contributed by atoms with van der Waals surface area (Å²) < 4.78 is 13.6. The molecule has 1 aliphatic heterocycles. The summed E-state index contributed by atoms with van der Waals surface area (Å²) in [7, 11) is 0. The molecule has 6 nitrogen and oxygen atoms in total. The SMILES string of the molecule is O=C(NCc1ccc(C(=O)O)cc1)NC1CCN(c2ccc(Cl)c(F)c2)C1. The summed E-state index contributed by atoms with van der Waals surface area (Å²) in [5.74, 6) is -1.45. The van der Waals surface area contributed by atoms with Gasteiger partial charge in [-0.3, -0.25) is 0 Å². The number of carboxylic acid groups (broad SMARTS) is 1. The van der Waals surface area contributed by atoms with E-state index in [0.29, 0.717) is 19.6 Å². The summed E-state index contributed by atoms with van der Waals surface area (Å²) in [6.07, 6.45) is 0.755. The standard InChI is InChI=1S/C19H19ClFN3O3/c20-16-6-5-15(9-17(16)21)24-8-7-14(11-24)23-19(27)22-10-12-1-3-13(4-2-12)18(25)26/h1-6,9,14H,7-8,10-11H2,(H,25,26)(H2,22,23,27). The van der Waals surface area contributed by atoms with Crippen molar-refractivity contribution in [1.82, 2.24) is 10.6 Å². The monoisotopic (exact) mass is 391 g/mol. The molecular weight excluding hydrogens is 373 g/mol. The highest BCUT2D eigenvalue weighted by molar-refractivity contribution is 6.30. The van der Waals surface area contributed by atoms with E-state index < -0.39 is 11.8 Å². The fraction of sp³-hybridized carbons (Fsp3) is 0.263. The topological polar surface area (TPSA) is 81.7 Å². The van der Waals surface area contributed by atoms with Crippen LogP contribution in [0.1, 0.15) is 22.3 Å². The van der Waals surface area contributed by atoms with Crippen molar-refractivity contribution in [2.75, 3.05) is 18.0 Å². The first-order valence-electron chi connectivity index (χ1n) is 8.49. The normalized spacial score (nSPS) is 16.2. The minimum Gasteiger partial charge on any atom is -0.478 e. The fourth-order valence-electron chi connectivity index (χ4n) is 2.98. The van der Waals surface area contributed by atoms with Crippen LogP contribution < -0.4 is 15.5 Å². The number of aromatic carboxylic acids is 1. The lowest BCUT2D eigenvalue weighted by atomic mass is 10.1. The van der Waals surface area contributed by atoms with Crippen LogP contribution in [0.2, 0.25) is 5.02 Å². The van der Waals surface area contributed by atoms with Crippen LogP contribution in [0.15, 0.2) is 42.5 Å². The molecule has 0 saturated carbocycles. The molecule has 27 heavy (non-hydrogen) atoms. The molecule has 0 spiro atoms. The molecule has 0 aromatic heterocycles. The molecule has 1 heterocycles. The molecule has 142 valence electrons. The Balaban J connectivity index is 1.47. The number of carboxylic acids is 1. The first-order chi connectivity index (χ1) is 12.9. The second kappa shape index (κ2) is 8.26. The van der Waals surface area contributed by atoms with Crippen molar-refractivity contribution in [2.24, 2.45) is 0 Å². The van der Waals surface area contributed by atoms with Gasteiger partial charge in [-0.15, -0.1) is 0 Å². The van der Waals surface area contributed by atoms with Gasteiger partial charge in [0.25, 0.3) is 0 Å². The number of amides is 2. The van der Waals surface area contributed by atoms with Gasteiger partial charge in [0.1, 0.15) is 5.82 Å². The summed E-state index contributed by atoms with van der Waals surface area (Å²) in [6, 6.07) is 10.7. The van der Waals surface area contributed by atoms with Crippen LogP contribution >= 0.6 is 11.6 Å². The van der Waals surface area contributed by atoms with Crippen molar-refractivity contribution in [3.05, 3.63) is 64.4 Å². The zero-order valence-electron chi connectivity index (χ0n) is 14.4. The van der Waals surface area contributed by atoms with Crippen LogP contribution in [-0.4, -0.2) is 36.2 Å². The second-order valence-electron chi connectivity index (χ2n) is 6.36. The first kappa shape index (κ1) is 19.0. The van der Waals surface area contributed by atoms with Gasteiger partial charge in [0.15, 0.2) is 0 Å². The number of halogens is 2. The number of hydrogen-bond donors (Lipinski definition) is 3. The number of rotatable bonds is 5. The van der Waals surface area contributed by atoms with Crippen LogP contribution in [0.5, 0.6) is 0 Å². The minimum atomic E-state index is -0.987. The number of urea groups is 1. The Hall–Kier alpha value is -2.80. The number of hydrogen-bond acceptors (Lipinski definition) is 3. The van der Waals surface area contributed by atoms with Crippen molar-refractivity contribution in [3.63, 3.8) is 0 Å². The zero-order valence-corrected chi connectivity index (χ0v) is 15.2. The molecule has 1 aliphatic rings. The van der Waals surface area contributed by atoms with E-state index in [1.165, 1.54) is 24.3 Å². The average molecular weight is 392 g/mol. The van der Waals surface area contributed by atoms with Gasteiger partial charge in [0.05, 0.1) is 10.6 Å². The van der Waals surface area contributed by atoms with E-state index in [-0.39, 0.29) is 22.7 Å². The Bertz CT molecular complexity index is 845. The Morgan fingerprint density at radius 2 is 1.96 bits per heavy atom. The third kappa shape index (κ3) is 4.89. The number of nitrogens with one attached hydrogen (secondary N) is 2. The highest BCUT2D eigenvalue weighted by atomic mass is 35.5. The summed E-state index contributed by atoms with van der Waals surface area (Å²) >= 11 is 5.71. The maximum atomic E-state index is 13.6. The third-order valence-electron chi connectivity index (χ3n) is 4.45. The quantitative estimate of drug-likeness (QED) is 0.730. The molecule has 2 aromatic rings. The van der Waals surface area contributed by atoms with E-state index in [0.717, 1.165) is 17.7 Å². The summed E-state index contributed by atoms with van der Waals surface area (Å²) in [4.78, 5) is 24.9. The summed E-state index contributed by atoms with van der Waals surface area (Å²) in [6.45, 7) is 1.59. The second-order valence-corrected chi connectivity index (χ2v) is 6.77. The fourth-order valence-corrected chi connectivity index (χ4v) is 3.10. The number of carbonyl (C=O) groups is 2. The maximum absolute atomic E-state index is 13.6. The predicted octanol–water partition coefficient (Wildman–Crippen LogP) is 3.26. The van der Waals surface area contributed by atoms with E-state index in [4.69, 9.17) is 16.7 Å². The van der Waals surface area contributed by atoms with Gasteiger partial charge in [-0.2, -0.15) is 0 Å². The van der Waals surface area contributed by atoms with Gasteiger partial charge in [-0.1, -0.05) is 23.7 Å². The highest BCUT2D eigenvalue weighted by Gasteiger charge is 2.24. The summed E-state index contributed by atoms with van der Waals surface area (Å²) in [5, 5.41) is 14.6. The Kier molecular flexibility index (Phi) is 5.81. The van der Waals surface area contributed by atoms with Gasteiger partial charge in [0, 0.05) is 31.4 Å². The predicted molar refractivity (Wildman–Crippen MR) is 101 cm³/mol. The van der Waals surface area contributed by atoms with Gasteiger partial charge in [0.2, 0.25) is 0 Å². The molecule has 1 unspecified atom stereocenters. The Morgan fingerprint density at radius 3 is 2.63 bits per heavy atom. The van der Waals surface area contributed by atoms with Crippen molar-refractivity contribution < 1.29 is 19.1 Å². The highest BCUT2D eigenvalue weighted by Crippen LogP contribution is 2.25. The lowest BCUT2D eigenvalue weighted by molar-refractivity contribution is 0.0697. The van der Waals surface area contributed by atoms with Crippen molar-refractivity contribution in [2.45, 2.75) is 19.0 Å². The average Bonchev–Trinajstić information content (AvgIpc) is 3.11. The van der Waals surface area contributed by atoms with Crippen LogP contribution in [0, 0.1) is 5.82 Å². The van der Waals surface area contributed by atoms with Crippen molar-refractivity contribution in [1.29, 1.82) is 0 Å². The molecule has 8 heteroatoms. The summed E-state index contributed by atoms with van der Waals surface area (Å²) in [5.41, 5.74) is 1.74. The number of nitrogens with zero attached hydrogens (tertiary/aromatic N) is 1. The largest absolute Gasteiger partial charge is 0.478 e. The van der Waals surface area contributed by atoms with Crippen molar-refractivity contribution in [3.8, 4) is 0 Å². The molecule has 1 fully saturated rings. The van der Waals surface area contributed by atoms with Crippen LogP contribution in [0.4, 0.5) is 14.9 Å².